The Morgan fingerprint density at radius 1 is 0.758 bits per heavy atom. The highest BCUT2D eigenvalue weighted by molar-refractivity contribution is 7.25. The Balaban J connectivity index is 3.87. The summed E-state index contributed by atoms with van der Waals surface area (Å²) in [4.78, 5) is 36.5. The van der Waals surface area contributed by atoms with Gasteiger partial charge >= 0.3 is 0 Å². The SMILES string of the molecule is [1H]N=PCCCCCCCC(=O)NCCCC[C@H](NC(=O)CCCCCCCP=N[1H])C(=O)CC. The van der Waals surface area contributed by atoms with Crippen LogP contribution in [-0.2, 0) is 14.4 Å². The number of carbonyl (C=O) groups is 3. The Hall–Kier alpha value is -1.19. The zero-order valence-electron chi connectivity index (χ0n) is 22.5. The van der Waals surface area contributed by atoms with Crippen molar-refractivity contribution in [1.82, 2.24) is 10.6 Å². The minimum absolute atomic E-state index is 0.0531. The van der Waals surface area contributed by atoms with Crippen LogP contribution in [-0.4, -0.2) is 42.5 Å². The van der Waals surface area contributed by atoms with Gasteiger partial charge in [-0.25, -0.2) is 0 Å². The van der Waals surface area contributed by atoms with Crippen LogP contribution < -0.4 is 10.6 Å². The number of hydrogen-bond acceptors (Lipinski definition) is 5. The minimum Gasteiger partial charge on any atom is -0.356 e. The van der Waals surface area contributed by atoms with Gasteiger partial charge in [-0.2, -0.15) is 0 Å². The lowest BCUT2D eigenvalue weighted by molar-refractivity contribution is -0.128. The van der Waals surface area contributed by atoms with Crippen LogP contribution in [0.5, 0.6) is 0 Å². The van der Waals surface area contributed by atoms with Crippen LogP contribution in [0.2, 0.25) is 2.82 Å². The number of ketones is 1. The highest BCUT2D eigenvalue weighted by atomic mass is 31.1. The lowest BCUT2D eigenvalue weighted by Gasteiger charge is -2.17. The minimum atomic E-state index is -0.426. The van der Waals surface area contributed by atoms with E-state index in [1.54, 1.807) is 0 Å². The van der Waals surface area contributed by atoms with Crippen LogP contribution in [0, 0.1) is 10.3 Å². The highest BCUT2D eigenvalue weighted by Crippen LogP contribution is 2.10. The lowest BCUT2D eigenvalue weighted by Crippen LogP contribution is -2.40. The van der Waals surface area contributed by atoms with Crippen molar-refractivity contribution in [2.75, 3.05) is 18.9 Å². The number of unbranched alkanes of at least 4 members (excludes halogenated alkanes) is 9. The first-order valence-corrected chi connectivity index (χ1v) is 14.8. The molecule has 9 heteroatoms. The number of nitrogens with one attached hydrogen (secondary N) is 4. The van der Waals surface area contributed by atoms with Gasteiger partial charge in [0.2, 0.25) is 11.8 Å². The summed E-state index contributed by atoms with van der Waals surface area (Å²) < 4.78 is 13.5. The van der Waals surface area contributed by atoms with E-state index in [9.17, 15) is 14.4 Å². The molecule has 0 fully saturated rings. The van der Waals surface area contributed by atoms with Crippen LogP contribution in [0.15, 0.2) is 0 Å². The van der Waals surface area contributed by atoms with Gasteiger partial charge in [-0.1, -0.05) is 45.4 Å². The van der Waals surface area contributed by atoms with Crippen molar-refractivity contribution < 1.29 is 17.2 Å². The normalized spacial score (nSPS) is 13.1. The Morgan fingerprint density at radius 2 is 1.30 bits per heavy atom. The molecule has 0 heterocycles. The number of Topliss-reactive ketones (excluding diaryl/α,β-unsaturated/α-hetero) is 1. The largest absolute Gasteiger partial charge is 0.356 e. The van der Waals surface area contributed by atoms with Gasteiger partial charge in [-0.15, -0.1) is 0 Å². The van der Waals surface area contributed by atoms with Crippen LogP contribution in [0.1, 0.15) is 110 Å². The predicted molar refractivity (Wildman–Crippen MR) is 139 cm³/mol. The third-order valence-electron chi connectivity index (χ3n) is 5.64. The number of rotatable bonds is 24. The molecular formula is C24H46N4O3P2. The van der Waals surface area contributed by atoms with Gasteiger partial charge in [0.25, 0.3) is 0 Å². The molecule has 4 N–H and O–H groups in total. The molecule has 0 rings (SSSR count). The number of carbonyl (C=O) groups excluding carboxylic acids is 3. The van der Waals surface area contributed by atoms with E-state index in [0.717, 1.165) is 106 Å². The van der Waals surface area contributed by atoms with Crippen molar-refractivity contribution in [2.24, 2.45) is 0 Å². The van der Waals surface area contributed by atoms with Gasteiger partial charge in [-0.3, -0.25) is 24.7 Å². The smallest absolute Gasteiger partial charge is 0.220 e. The van der Waals surface area contributed by atoms with Crippen LogP contribution in [0.3, 0.4) is 0 Å². The first-order valence-electron chi connectivity index (χ1n) is 13.6. The quantitative estimate of drug-likeness (QED) is 0.0857. The predicted octanol–water partition coefficient (Wildman–Crippen LogP) is 6.84. The van der Waals surface area contributed by atoms with E-state index in [-0.39, 0.29) is 17.6 Å². The van der Waals surface area contributed by atoms with Gasteiger partial charge in [-0.05, 0) is 61.7 Å². The molecule has 0 unspecified atom stereocenters. The fourth-order valence-electron chi connectivity index (χ4n) is 3.61. The van der Waals surface area contributed by atoms with Crippen molar-refractivity contribution in [3.05, 3.63) is 0 Å². The Bertz CT molecular complexity index is 626. The molecular weight excluding hydrogens is 454 g/mol. The molecule has 0 aromatic rings. The second kappa shape index (κ2) is 24.0. The molecule has 33 heavy (non-hydrogen) atoms. The monoisotopic (exact) mass is 500 g/mol. The van der Waals surface area contributed by atoms with E-state index >= 15 is 0 Å². The second-order valence-electron chi connectivity index (χ2n) is 8.55. The zero-order valence-corrected chi connectivity index (χ0v) is 22.3. The molecule has 0 aliphatic rings. The molecule has 190 valence electrons. The zero-order chi connectivity index (χ0) is 26.0. The topological polar surface area (TPSA) is 123 Å². The average molecular weight is 501 g/mol. The molecule has 0 aliphatic heterocycles. The molecule has 7 nitrogen and oxygen atoms in total. The van der Waals surface area contributed by atoms with Gasteiger partial charge in [0.15, 0.2) is 8.61 Å². The summed E-state index contributed by atoms with van der Waals surface area (Å²) >= 11 is 0. The van der Waals surface area contributed by atoms with Crippen molar-refractivity contribution in [2.45, 2.75) is 116 Å². The van der Waals surface area contributed by atoms with Gasteiger partial charge < -0.3 is 10.6 Å². The number of hydrogen-bond donors (Lipinski definition) is 4. The van der Waals surface area contributed by atoms with E-state index in [1.165, 1.54) is 0 Å². The van der Waals surface area contributed by atoms with Crippen LogP contribution in [0.25, 0.3) is 0 Å². The Labute approximate surface area is 207 Å². The van der Waals surface area contributed by atoms with E-state index in [4.69, 9.17) is 2.82 Å². The van der Waals surface area contributed by atoms with Crippen molar-refractivity contribution >= 4 is 34.3 Å². The maximum atomic E-state index is 12.3. The average Bonchev–Trinajstić information content (AvgIpc) is 2.85. The van der Waals surface area contributed by atoms with Gasteiger partial charge in [0.05, 0.1) is 6.04 Å². The summed E-state index contributed by atoms with van der Waals surface area (Å²) in [5, 5.41) is 12.5. The second-order valence-corrected chi connectivity index (χ2v) is 10.0. The maximum Gasteiger partial charge on any atom is 0.220 e. The molecule has 0 saturated heterocycles. The van der Waals surface area contributed by atoms with Crippen molar-refractivity contribution in [1.29, 1.82) is 10.3 Å². The summed E-state index contributed by atoms with van der Waals surface area (Å²) in [5.74, 6) is 0.0922. The standard InChI is InChI=1S/C24H46N4O3P2/c1-2-22(29)21(28-24(31)17-10-6-4-8-14-20-33-26)15-11-12-18-27-23(30)16-9-5-3-7-13-19-32-25/h21,25-26H,2-20H2,1H3,(H,27,30)(H,28,31)/t21-/m0/s1/i/hH2. The summed E-state index contributed by atoms with van der Waals surface area (Å²) in [6.07, 6.45) is 15.8. The summed E-state index contributed by atoms with van der Waals surface area (Å²) in [6.45, 7) is 2.42. The first kappa shape index (κ1) is 28.1. The first-order chi connectivity index (χ1) is 17.0. The molecule has 0 aliphatic carbocycles. The lowest BCUT2D eigenvalue weighted by atomic mass is 10.0. The Morgan fingerprint density at radius 3 is 1.88 bits per heavy atom. The maximum absolute atomic E-state index is 12.3. The van der Waals surface area contributed by atoms with Gasteiger partial charge in [0.1, 0.15) is 0 Å². The van der Waals surface area contributed by atoms with Gasteiger partial charge in [0, 0.05) is 38.1 Å². The molecule has 0 saturated carbocycles. The fraction of sp³-hybridized carbons (Fsp3) is 0.875. The third-order valence-corrected chi connectivity index (χ3v) is 6.67. The molecule has 2 amide bonds. The van der Waals surface area contributed by atoms with Crippen LogP contribution >= 0.6 is 16.7 Å². The highest BCUT2D eigenvalue weighted by Gasteiger charge is 2.18. The van der Waals surface area contributed by atoms with E-state index in [1.807, 2.05) is 6.92 Å². The molecule has 1 atom stereocenters. The molecule has 0 bridgehead atoms. The van der Waals surface area contributed by atoms with E-state index < -0.39 is 6.04 Å². The van der Waals surface area contributed by atoms with Crippen molar-refractivity contribution in [3.8, 4) is 0 Å². The molecule has 0 spiro atoms. The van der Waals surface area contributed by atoms with Crippen molar-refractivity contribution in [3.63, 3.8) is 0 Å². The third kappa shape index (κ3) is 21.1. The number of amides is 2. The summed E-state index contributed by atoms with van der Waals surface area (Å²) in [6, 6.07) is -0.426. The molecule has 0 aromatic heterocycles. The van der Waals surface area contributed by atoms with Crippen LogP contribution in [0.4, 0.5) is 0 Å². The molecule has 0 aromatic carbocycles. The summed E-state index contributed by atoms with van der Waals surface area (Å²) in [7, 11) is 1.67. The van der Waals surface area contributed by atoms with E-state index in [2.05, 4.69) is 20.9 Å². The summed E-state index contributed by atoms with van der Waals surface area (Å²) in [5.41, 5.74) is 0. The Kier molecular flexibility index (Phi) is 20.4. The molecule has 0 radical (unpaired) electrons. The van der Waals surface area contributed by atoms with E-state index in [0.29, 0.717) is 32.2 Å². The fourth-order valence-corrected chi connectivity index (χ4v) is 4.34.